The Labute approximate surface area is 733 Å². The van der Waals surface area contributed by atoms with Crippen LogP contribution in [0.3, 0.4) is 0 Å². The van der Waals surface area contributed by atoms with Crippen LogP contribution in [0.4, 0.5) is 39.5 Å². The van der Waals surface area contributed by atoms with E-state index in [1.54, 1.807) is 6.92 Å². The van der Waals surface area contributed by atoms with Crippen molar-refractivity contribution in [2.45, 2.75) is 544 Å². The van der Waals surface area contributed by atoms with Crippen LogP contribution in [0.5, 0.6) is 0 Å². The maximum atomic E-state index is 12.6. The Bertz CT molecular complexity index is 2710. The van der Waals surface area contributed by atoms with Gasteiger partial charge in [-0.15, -0.1) is 0 Å². The topological polar surface area (TPSA) is 0 Å². The molecule has 9 rings (SSSR count). The van der Waals surface area contributed by atoms with Crippen molar-refractivity contribution in [1.29, 1.82) is 0 Å². The third kappa shape index (κ3) is 42.5. The van der Waals surface area contributed by atoms with Crippen molar-refractivity contribution < 1.29 is 39.5 Å². The zero-order valence-electron chi connectivity index (χ0n) is 86.8. The van der Waals surface area contributed by atoms with Gasteiger partial charge in [0.2, 0.25) is 0 Å². The van der Waals surface area contributed by atoms with Crippen molar-refractivity contribution >= 4 is 0 Å². The number of hydrogen-bond donors (Lipinski definition) is 0. The van der Waals surface area contributed by atoms with Crippen LogP contribution in [0.15, 0.2) is 18.2 Å². The van der Waals surface area contributed by atoms with Crippen LogP contribution >= 0.6 is 0 Å². The Hall–Kier alpha value is -1.41. The number of benzene rings is 1. The minimum Gasteiger partial charge on any atom is -0.171 e. The van der Waals surface area contributed by atoms with E-state index < -0.39 is 34.8 Å². The first-order valence-corrected chi connectivity index (χ1v) is 49.4. The molecule has 8 fully saturated rings. The third-order valence-corrected chi connectivity index (χ3v) is 31.7. The number of alkyl halides is 9. The van der Waals surface area contributed by atoms with Gasteiger partial charge in [-0.1, -0.05) is 372 Å². The molecule has 8 aliphatic rings. The van der Waals surface area contributed by atoms with Gasteiger partial charge in [-0.3, -0.25) is 0 Å². The molecule has 0 aliphatic heterocycles. The molecule has 8 aliphatic carbocycles. The highest BCUT2D eigenvalue weighted by Crippen LogP contribution is 2.62. The molecule has 1 aromatic rings. The van der Waals surface area contributed by atoms with E-state index in [0.717, 1.165) is 78.4 Å². The fourth-order valence-electron chi connectivity index (χ4n) is 21.5. The van der Waals surface area contributed by atoms with Gasteiger partial charge in [0.05, 0.1) is 16.2 Å². The largest absolute Gasteiger partial charge is 0.394 e. The van der Waals surface area contributed by atoms with Crippen molar-refractivity contribution in [2.24, 2.45) is 118 Å². The molecule has 8 saturated carbocycles. The summed E-state index contributed by atoms with van der Waals surface area (Å²) in [6.07, 6.45) is 27.7. The van der Waals surface area contributed by atoms with E-state index in [-0.39, 0.29) is 35.5 Å². The Morgan fingerprint density at radius 1 is 0.373 bits per heavy atom. The van der Waals surface area contributed by atoms with Crippen LogP contribution in [0.2, 0.25) is 0 Å². The third-order valence-electron chi connectivity index (χ3n) is 31.7. The molecule has 2 spiro atoms. The standard InChI is InChI=1S/C16H30.C15H24.C14H26.C13H26.C10H17F3.C9H15F3.C8H13F3.2C8H18.C6H14.C2H6/c1-13-6-8-16(9-7-13)11-14(2,3)10-15(4,5)12-16;1-11-8-9-12(14(2,3)4)10-13(11)15(5,6)7;1-12-4-6-14(7-5-12)10-8-13(2,3)9-11-14;1-10-12(4,5)8-11(2,3)9-13(10,6)7;1-8(2)4-6-9(3,7-5-8)10(11,12)13;1-7-3-5-8(2,6-4-7)9(10,11)12;1-2-7(8(9,10)11)5-3-4-6-7;1-6(2)8(5)7(3)4;1-4-6-7-8(3)5-2;1-4-6(3)5-2;1-2/h13H,6-12H2,1-5H3;8-10H,1-7H3;12H,4-11H2,1-3H3;10H,8-9H2,1-7H3;4-7H2,1-3H3;7H,3-6H2,1-2H3;2-6H2,1H3;6-8H,1-5H3;8H,4-7H2,1-3H3;6H,4-5H2,1-3H3;1-2H3. The minimum absolute atomic E-state index is 0.102. The second-order valence-corrected chi connectivity index (χ2v) is 49.9. The summed E-state index contributed by atoms with van der Waals surface area (Å²) in [4.78, 5) is 0. The number of hydrogen-bond acceptors (Lipinski definition) is 0. The van der Waals surface area contributed by atoms with Gasteiger partial charge in [-0.2, -0.15) is 39.5 Å². The molecule has 9 heteroatoms. The van der Waals surface area contributed by atoms with Crippen molar-refractivity contribution in [3.63, 3.8) is 0 Å². The Kier molecular flexibility index (Phi) is 49.5. The molecule has 0 saturated heterocycles. The van der Waals surface area contributed by atoms with E-state index in [9.17, 15) is 39.5 Å². The lowest BCUT2D eigenvalue weighted by Gasteiger charge is -2.54. The molecule has 0 heterocycles. The van der Waals surface area contributed by atoms with Gasteiger partial charge in [0.15, 0.2) is 0 Å². The van der Waals surface area contributed by atoms with E-state index in [1.807, 2.05) is 34.6 Å². The SMILES string of the molecule is CC.CC(C)C(C)C(C)C.CC1(C)CCC(C)(C(F)(F)F)CC1.CC1C(C)(C)CC(C)(C)CC1(C)C.CC1CCC(C)(C(F)(F)F)CC1.CC1CCC2(CC1)CC(C)(C)CC(C)(C)C2.CC1CCC2(CC1)CCC(C)(C)CC2.CCC(C)CC.CCC1(C(F)(F)F)CCCC1.CCCCC(C)CC.Cc1ccc(C(C)(C)C)cc1C(C)(C)C. The lowest BCUT2D eigenvalue weighted by molar-refractivity contribution is -0.232. The second kappa shape index (κ2) is 49.2. The van der Waals surface area contributed by atoms with Crippen molar-refractivity contribution in [2.75, 3.05) is 0 Å². The molecule has 1 unspecified atom stereocenters. The molecule has 0 N–H and O–H groups in total. The zero-order chi connectivity index (χ0) is 93.0. The summed E-state index contributed by atoms with van der Waals surface area (Å²) in [5.74, 6) is 7.74. The van der Waals surface area contributed by atoms with Crippen LogP contribution in [0, 0.1) is 125 Å². The Balaban J connectivity index is 0. The Morgan fingerprint density at radius 2 is 0.703 bits per heavy atom. The van der Waals surface area contributed by atoms with Crippen LogP contribution in [0.1, 0.15) is 525 Å². The number of unbranched alkanes of at least 4 members (excludes halogenated alkanes) is 1. The van der Waals surface area contributed by atoms with Gasteiger partial charge in [-0.25, -0.2) is 0 Å². The zero-order valence-corrected chi connectivity index (χ0v) is 86.8. The van der Waals surface area contributed by atoms with Gasteiger partial charge >= 0.3 is 18.5 Å². The molecular formula is C109H207F9. The highest BCUT2D eigenvalue weighted by molar-refractivity contribution is 5.38. The van der Waals surface area contributed by atoms with E-state index in [0.29, 0.717) is 82.3 Å². The summed E-state index contributed by atoms with van der Waals surface area (Å²) in [5.41, 5.74) is 5.55. The normalized spacial score (nSPS) is 24.8. The fraction of sp³-hybridized carbons (Fsp3) is 0.945. The van der Waals surface area contributed by atoms with Gasteiger partial charge < -0.3 is 0 Å². The molecule has 0 nitrogen and oxygen atoms in total. The van der Waals surface area contributed by atoms with Crippen LogP contribution in [-0.2, 0) is 10.8 Å². The van der Waals surface area contributed by atoms with Crippen molar-refractivity contribution in [3.05, 3.63) is 34.9 Å². The number of aryl methyl sites for hydroxylation is 1. The maximum absolute atomic E-state index is 12.6. The molecule has 118 heavy (non-hydrogen) atoms. The van der Waals surface area contributed by atoms with Crippen LogP contribution in [-0.4, -0.2) is 18.5 Å². The molecular weight excluding hydrogens is 1480 g/mol. The van der Waals surface area contributed by atoms with E-state index in [1.165, 1.54) is 178 Å². The Morgan fingerprint density at radius 3 is 0.983 bits per heavy atom. The molecule has 0 amide bonds. The van der Waals surface area contributed by atoms with E-state index in [4.69, 9.17) is 0 Å². The summed E-state index contributed by atoms with van der Waals surface area (Å²) >= 11 is 0. The van der Waals surface area contributed by atoms with Crippen molar-refractivity contribution in [1.82, 2.24) is 0 Å². The van der Waals surface area contributed by atoms with Gasteiger partial charge in [0, 0.05) is 0 Å². The quantitative estimate of drug-likeness (QED) is 0.216. The molecule has 706 valence electrons. The summed E-state index contributed by atoms with van der Waals surface area (Å²) in [7, 11) is 0. The van der Waals surface area contributed by atoms with E-state index in [2.05, 4.69) is 247 Å². The first-order chi connectivity index (χ1) is 53.1. The number of rotatable bonds is 9. The van der Waals surface area contributed by atoms with Gasteiger partial charge in [-0.05, 0) is 291 Å². The summed E-state index contributed by atoms with van der Waals surface area (Å²) in [6.45, 7) is 92.0. The highest BCUT2D eigenvalue weighted by atomic mass is 19.4. The maximum Gasteiger partial charge on any atom is 0.394 e. The predicted octanol–water partition coefficient (Wildman–Crippen LogP) is 40.4. The monoisotopic (exact) mass is 1690 g/mol. The molecule has 0 aromatic heterocycles. The number of halogens is 9. The van der Waals surface area contributed by atoms with Crippen LogP contribution in [0.25, 0.3) is 0 Å². The average molecular weight is 1690 g/mol. The lowest BCUT2D eigenvalue weighted by atomic mass is 9.51. The molecule has 1 atom stereocenters. The fourth-order valence-corrected chi connectivity index (χ4v) is 21.5. The highest BCUT2D eigenvalue weighted by Gasteiger charge is 2.56. The molecule has 0 radical (unpaired) electrons. The average Bonchev–Trinajstić information content (AvgIpc) is 0.852. The first-order valence-electron chi connectivity index (χ1n) is 49.4. The van der Waals surface area contributed by atoms with E-state index >= 15 is 0 Å². The van der Waals surface area contributed by atoms with Crippen LogP contribution < -0.4 is 0 Å². The molecule has 1 aromatic carbocycles. The van der Waals surface area contributed by atoms with Gasteiger partial charge in [0.1, 0.15) is 0 Å². The van der Waals surface area contributed by atoms with Crippen molar-refractivity contribution in [3.8, 4) is 0 Å². The second-order valence-electron chi connectivity index (χ2n) is 49.9. The predicted molar refractivity (Wildman–Crippen MR) is 506 cm³/mol. The molecule has 0 bridgehead atoms. The lowest BCUT2D eigenvalue weighted by Crippen LogP contribution is -2.45. The van der Waals surface area contributed by atoms with Gasteiger partial charge in [0.25, 0.3) is 0 Å². The summed E-state index contributed by atoms with van der Waals surface area (Å²) in [6, 6.07) is 6.88. The summed E-state index contributed by atoms with van der Waals surface area (Å²) < 4.78 is 112. The smallest absolute Gasteiger partial charge is 0.171 e. The minimum atomic E-state index is -4.02. The summed E-state index contributed by atoms with van der Waals surface area (Å²) in [5, 5.41) is 0. The first kappa shape index (κ1) is 119.